The number of anilines is 1. The van der Waals surface area contributed by atoms with Gasteiger partial charge in [-0.3, -0.25) is 4.79 Å². The van der Waals surface area contributed by atoms with E-state index in [0.717, 1.165) is 50.0 Å². The number of rotatable bonds is 5. The first-order chi connectivity index (χ1) is 10.1. The van der Waals surface area contributed by atoms with Crippen LogP contribution in [0.3, 0.4) is 0 Å². The van der Waals surface area contributed by atoms with Gasteiger partial charge < -0.3 is 15.7 Å². The quantitative estimate of drug-likeness (QED) is 0.781. The van der Waals surface area contributed by atoms with Gasteiger partial charge in [0.25, 0.3) is 0 Å². The van der Waals surface area contributed by atoms with Gasteiger partial charge in [-0.25, -0.2) is 0 Å². The fourth-order valence-electron chi connectivity index (χ4n) is 3.20. The number of benzene rings is 1. The topological polar surface area (TPSA) is 61.4 Å². The molecule has 4 nitrogen and oxygen atoms in total. The number of hydrogen-bond donors (Lipinski definition) is 3. The number of carbonyl (C=O) groups excluding carboxylic acids is 1. The van der Waals surface area contributed by atoms with Crippen molar-refractivity contribution in [2.45, 2.75) is 45.6 Å². The molecule has 4 heteroatoms. The van der Waals surface area contributed by atoms with Crippen molar-refractivity contribution in [1.82, 2.24) is 5.32 Å². The van der Waals surface area contributed by atoms with E-state index in [1.807, 2.05) is 24.3 Å². The molecule has 21 heavy (non-hydrogen) atoms. The largest absolute Gasteiger partial charge is 0.389 e. The second-order valence-electron chi connectivity index (χ2n) is 6.03. The van der Waals surface area contributed by atoms with Crippen LogP contribution in [0.2, 0.25) is 0 Å². The highest BCUT2D eigenvalue weighted by molar-refractivity contribution is 5.96. The van der Waals surface area contributed by atoms with Crippen LogP contribution >= 0.6 is 0 Å². The molecule has 1 aliphatic rings. The van der Waals surface area contributed by atoms with E-state index in [2.05, 4.69) is 17.6 Å². The van der Waals surface area contributed by atoms with Crippen LogP contribution in [0.4, 0.5) is 5.69 Å². The second kappa shape index (κ2) is 7.05. The highest BCUT2D eigenvalue weighted by Gasteiger charge is 2.38. The van der Waals surface area contributed by atoms with Crippen LogP contribution in [-0.4, -0.2) is 24.1 Å². The smallest absolute Gasteiger partial charge is 0.231 e. The Hall–Kier alpha value is -1.39. The van der Waals surface area contributed by atoms with Crippen molar-refractivity contribution in [3.05, 3.63) is 29.8 Å². The first kappa shape index (κ1) is 16.0. The highest BCUT2D eigenvalue weighted by atomic mass is 16.3. The van der Waals surface area contributed by atoms with Crippen molar-refractivity contribution in [3.8, 4) is 0 Å². The predicted molar refractivity (Wildman–Crippen MR) is 85.2 cm³/mol. The number of aliphatic hydroxyl groups excluding tert-OH is 1. The fraction of sp³-hybridized carbons (Fsp3) is 0.588. The van der Waals surface area contributed by atoms with Crippen LogP contribution in [0.5, 0.6) is 0 Å². The minimum Gasteiger partial charge on any atom is -0.389 e. The summed E-state index contributed by atoms with van der Waals surface area (Å²) in [6.45, 7) is 5.56. The van der Waals surface area contributed by atoms with Crippen LogP contribution < -0.4 is 10.6 Å². The van der Waals surface area contributed by atoms with E-state index < -0.39 is 6.10 Å². The average Bonchev–Trinajstić information content (AvgIpc) is 2.49. The number of aliphatic hydroxyl groups is 1. The van der Waals surface area contributed by atoms with Crippen molar-refractivity contribution in [2.75, 3.05) is 18.4 Å². The van der Waals surface area contributed by atoms with Gasteiger partial charge >= 0.3 is 0 Å². The number of nitrogens with one attached hydrogen (secondary N) is 2. The second-order valence-corrected chi connectivity index (χ2v) is 6.03. The molecule has 1 aromatic carbocycles. The van der Waals surface area contributed by atoms with Gasteiger partial charge in [-0.2, -0.15) is 0 Å². The monoisotopic (exact) mass is 290 g/mol. The first-order valence-electron chi connectivity index (χ1n) is 7.88. The SMILES string of the molecule is CCCC1(C(=O)Nc2ccccc2C(C)O)CCCNC1. The standard InChI is InChI=1S/C17H26N2O2/c1-3-9-17(10-6-11-18-12-17)16(21)19-15-8-5-4-7-14(15)13(2)20/h4-5,7-8,13,18,20H,3,6,9-12H2,1-2H3,(H,19,21). The summed E-state index contributed by atoms with van der Waals surface area (Å²) in [4.78, 5) is 12.8. The number of para-hydroxylation sites is 1. The molecule has 1 heterocycles. The first-order valence-corrected chi connectivity index (χ1v) is 7.88. The molecule has 2 rings (SSSR count). The Kier molecular flexibility index (Phi) is 5.37. The van der Waals surface area contributed by atoms with Crippen LogP contribution in [0.15, 0.2) is 24.3 Å². The zero-order chi connectivity index (χ0) is 15.3. The number of amides is 1. The minimum absolute atomic E-state index is 0.0738. The summed E-state index contributed by atoms with van der Waals surface area (Å²) >= 11 is 0. The van der Waals surface area contributed by atoms with E-state index in [1.54, 1.807) is 6.92 Å². The summed E-state index contributed by atoms with van der Waals surface area (Å²) in [6.07, 6.45) is 3.26. The van der Waals surface area contributed by atoms with E-state index in [-0.39, 0.29) is 11.3 Å². The summed E-state index contributed by atoms with van der Waals surface area (Å²) in [5.41, 5.74) is 1.17. The van der Waals surface area contributed by atoms with E-state index in [0.29, 0.717) is 0 Å². The lowest BCUT2D eigenvalue weighted by atomic mass is 9.76. The van der Waals surface area contributed by atoms with Gasteiger partial charge in [-0.05, 0) is 38.8 Å². The fourth-order valence-corrected chi connectivity index (χ4v) is 3.20. The van der Waals surface area contributed by atoms with Crippen LogP contribution in [0.25, 0.3) is 0 Å². The Balaban J connectivity index is 2.19. The molecular weight excluding hydrogens is 264 g/mol. The van der Waals surface area contributed by atoms with Crippen molar-refractivity contribution in [3.63, 3.8) is 0 Å². The Labute approximate surface area is 126 Å². The highest BCUT2D eigenvalue weighted by Crippen LogP contribution is 2.34. The van der Waals surface area contributed by atoms with Gasteiger partial charge in [0.2, 0.25) is 5.91 Å². The molecule has 0 bridgehead atoms. The predicted octanol–water partition coefficient (Wildman–Crippen LogP) is 2.85. The van der Waals surface area contributed by atoms with Gasteiger partial charge in [0, 0.05) is 17.8 Å². The van der Waals surface area contributed by atoms with Crippen molar-refractivity contribution < 1.29 is 9.90 Å². The van der Waals surface area contributed by atoms with Crippen molar-refractivity contribution >= 4 is 11.6 Å². The maximum atomic E-state index is 12.8. The molecule has 1 amide bonds. The molecule has 1 aromatic rings. The molecule has 0 saturated carbocycles. The number of carbonyl (C=O) groups is 1. The average molecular weight is 290 g/mol. The summed E-state index contributed by atoms with van der Waals surface area (Å²) in [6, 6.07) is 7.47. The number of piperidine rings is 1. The summed E-state index contributed by atoms with van der Waals surface area (Å²) in [7, 11) is 0. The lowest BCUT2D eigenvalue weighted by Crippen LogP contribution is -2.48. The third kappa shape index (κ3) is 3.63. The molecule has 0 aromatic heterocycles. The minimum atomic E-state index is -0.590. The Morgan fingerprint density at radius 2 is 2.24 bits per heavy atom. The van der Waals surface area contributed by atoms with E-state index in [9.17, 15) is 9.90 Å². The molecular formula is C17H26N2O2. The van der Waals surface area contributed by atoms with E-state index in [4.69, 9.17) is 0 Å². The maximum Gasteiger partial charge on any atom is 0.231 e. The molecule has 2 atom stereocenters. The Bertz CT molecular complexity index is 474. The Morgan fingerprint density at radius 3 is 2.86 bits per heavy atom. The maximum absolute atomic E-state index is 12.8. The molecule has 0 radical (unpaired) electrons. The number of hydrogen-bond acceptors (Lipinski definition) is 3. The van der Waals surface area contributed by atoms with Crippen LogP contribution in [0, 0.1) is 5.41 Å². The van der Waals surface area contributed by atoms with Gasteiger partial charge in [0.15, 0.2) is 0 Å². The van der Waals surface area contributed by atoms with Gasteiger partial charge in [0.1, 0.15) is 0 Å². The zero-order valence-electron chi connectivity index (χ0n) is 13.0. The molecule has 1 fully saturated rings. The molecule has 1 saturated heterocycles. The van der Waals surface area contributed by atoms with Crippen molar-refractivity contribution in [2.24, 2.45) is 5.41 Å². The molecule has 2 unspecified atom stereocenters. The van der Waals surface area contributed by atoms with Gasteiger partial charge in [-0.15, -0.1) is 0 Å². The molecule has 1 aliphatic heterocycles. The van der Waals surface area contributed by atoms with E-state index in [1.165, 1.54) is 0 Å². The van der Waals surface area contributed by atoms with Gasteiger partial charge in [-0.1, -0.05) is 31.5 Å². The molecule has 116 valence electrons. The van der Waals surface area contributed by atoms with Crippen LogP contribution in [0.1, 0.15) is 51.2 Å². The lowest BCUT2D eigenvalue weighted by molar-refractivity contribution is -0.127. The molecule has 0 spiro atoms. The molecule has 3 N–H and O–H groups in total. The van der Waals surface area contributed by atoms with Crippen LogP contribution in [-0.2, 0) is 4.79 Å². The lowest BCUT2D eigenvalue weighted by Gasteiger charge is -2.36. The Morgan fingerprint density at radius 1 is 1.48 bits per heavy atom. The summed E-state index contributed by atoms with van der Waals surface area (Å²) in [5.74, 6) is 0.0738. The summed E-state index contributed by atoms with van der Waals surface area (Å²) < 4.78 is 0. The zero-order valence-corrected chi connectivity index (χ0v) is 13.0. The van der Waals surface area contributed by atoms with Crippen molar-refractivity contribution in [1.29, 1.82) is 0 Å². The molecule has 0 aliphatic carbocycles. The normalized spacial score (nSPS) is 23.6. The van der Waals surface area contributed by atoms with Gasteiger partial charge in [0.05, 0.1) is 11.5 Å². The van der Waals surface area contributed by atoms with E-state index >= 15 is 0 Å². The summed E-state index contributed by atoms with van der Waals surface area (Å²) in [5, 5.41) is 16.2. The third-order valence-electron chi connectivity index (χ3n) is 4.34. The third-order valence-corrected chi connectivity index (χ3v) is 4.34.